The third-order valence-electron chi connectivity index (χ3n) is 4.48. The SMILES string of the molecule is Cc1cc(C(=O)NNC(=O)CSc2nnc(C3CC3)n2C2CC2)c(C)o1. The zero-order valence-electron chi connectivity index (χ0n) is 14.7. The van der Waals surface area contributed by atoms with Gasteiger partial charge >= 0.3 is 0 Å². The molecule has 2 aromatic heterocycles. The van der Waals surface area contributed by atoms with Gasteiger partial charge in [0.15, 0.2) is 5.16 Å². The second kappa shape index (κ2) is 6.79. The predicted octanol–water partition coefficient (Wildman–Crippen LogP) is 2.25. The lowest BCUT2D eigenvalue weighted by Crippen LogP contribution is -2.42. The van der Waals surface area contributed by atoms with E-state index in [1.54, 1.807) is 19.9 Å². The molecule has 2 N–H and O–H groups in total. The van der Waals surface area contributed by atoms with E-state index in [1.807, 2.05) is 0 Å². The predicted molar refractivity (Wildman–Crippen MR) is 94.8 cm³/mol. The Morgan fingerprint density at radius 3 is 2.62 bits per heavy atom. The normalized spacial score (nSPS) is 16.5. The summed E-state index contributed by atoms with van der Waals surface area (Å²) in [5.74, 6) is 2.25. The third kappa shape index (κ3) is 3.62. The molecule has 0 spiro atoms. The van der Waals surface area contributed by atoms with E-state index in [4.69, 9.17) is 4.42 Å². The summed E-state index contributed by atoms with van der Waals surface area (Å²) in [6.07, 6.45) is 4.65. The maximum absolute atomic E-state index is 12.1. The van der Waals surface area contributed by atoms with E-state index in [1.165, 1.54) is 24.6 Å². The van der Waals surface area contributed by atoms with E-state index >= 15 is 0 Å². The van der Waals surface area contributed by atoms with Crippen molar-refractivity contribution in [3.63, 3.8) is 0 Å². The molecule has 0 aromatic carbocycles. The van der Waals surface area contributed by atoms with Crippen LogP contribution in [0, 0.1) is 13.8 Å². The van der Waals surface area contributed by atoms with Crippen LogP contribution >= 0.6 is 11.8 Å². The molecule has 138 valence electrons. The molecular formula is C17H21N5O3S. The average Bonchev–Trinajstić information content (AvgIpc) is 3.54. The zero-order valence-corrected chi connectivity index (χ0v) is 15.6. The van der Waals surface area contributed by atoms with Crippen molar-refractivity contribution in [3.05, 3.63) is 29.0 Å². The Balaban J connectivity index is 1.30. The highest BCUT2D eigenvalue weighted by Gasteiger charge is 2.36. The molecule has 0 aliphatic heterocycles. The topological polar surface area (TPSA) is 102 Å². The Labute approximate surface area is 155 Å². The maximum Gasteiger partial charge on any atom is 0.273 e. The van der Waals surface area contributed by atoms with Crippen LogP contribution in [0.25, 0.3) is 0 Å². The molecule has 2 fully saturated rings. The van der Waals surface area contributed by atoms with Crippen LogP contribution in [0.3, 0.4) is 0 Å². The fraction of sp³-hybridized carbons (Fsp3) is 0.529. The van der Waals surface area contributed by atoms with Gasteiger partial charge in [-0.25, -0.2) is 0 Å². The number of furan rings is 1. The van der Waals surface area contributed by atoms with Gasteiger partial charge in [0, 0.05) is 12.0 Å². The van der Waals surface area contributed by atoms with Gasteiger partial charge in [0.1, 0.15) is 17.3 Å². The van der Waals surface area contributed by atoms with E-state index in [9.17, 15) is 9.59 Å². The average molecular weight is 375 g/mol. The fourth-order valence-electron chi connectivity index (χ4n) is 2.90. The molecule has 8 nitrogen and oxygen atoms in total. The molecule has 2 heterocycles. The Morgan fingerprint density at radius 1 is 1.23 bits per heavy atom. The number of rotatable bonds is 6. The molecule has 0 saturated heterocycles. The van der Waals surface area contributed by atoms with Gasteiger partial charge in [0.05, 0.1) is 11.3 Å². The van der Waals surface area contributed by atoms with Crippen molar-refractivity contribution in [1.82, 2.24) is 25.6 Å². The standard InChI is InChI=1S/C17H21N5O3S/c1-9-7-13(10(2)25-9)16(24)20-18-14(23)8-26-17-21-19-15(11-3-4-11)22(17)12-5-6-12/h7,11-12H,3-6,8H2,1-2H3,(H,18,23)(H,20,24). The van der Waals surface area contributed by atoms with Gasteiger partial charge in [0.25, 0.3) is 5.91 Å². The number of aromatic nitrogens is 3. The monoisotopic (exact) mass is 375 g/mol. The first kappa shape index (κ1) is 17.1. The quantitative estimate of drug-likeness (QED) is 0.593. The smallest absolute Gasteiger partial charge is 0.273 e. The maximum atomic E-state index is 12.1. The molecule has 26 heavy (non-hydrogen) atoms. The summed E-state index contributed by atoms with van der Waals surface area (Å²) >= 11 is 1.35. The Bertz CT molecular complexity index is 851. The summed E-state index contributed by atoms with van der Waals surface area (Å²) in [6.45, 7) is 3.48. The minimum Gasteiger partial charge on any atom is -0.466 e. The number of nitrogens with zero attached hydrogens (tertiary/aromatic N) is 3. The highest BCUT2D eigenvalue weighted by Crippen LogP contribution is 2.45. The minimum absolute atomic E-state index is 0.166. The van der Waals surface area contributed by atoms with Crippen LogP contribution in [0.4, 0.5) is 0 Å². The van der Waals surface area contributed by atoms with Gasteiger partial charge in [-0.1, -0.05) is 11.8 Å². The lowest BCUT2D eigenvalue weighted by molar-refractivity contribution is -0.119. The number of aryl methyl sites for hydroxylation is 2. The van der Waals surface area contributed by atoms with Gasteiger partial charge in [0.2, 0.25) is 5.91 Å². The van der Waals surface area contributed by atoms with Crippen LogP contribution in [-0.4, -0.2) is 32.3 Å². The van der Waals surface area contributed by atoms with E-state index in [-0.39, 0.29) is 11.7 Å². The van der Waals surface area contributed by atoms with E-state index in [0.29, 0.717) is 29.0 Å². The second-order valence-electron chi connectivity index (χ2n) is 6.83. The summed E-state index contributed by atoms with van der Waals surface area (Å²) in [5, 5.41) is 9.38. The van der Waals surface area contributed by atoms with Crippen molar-refractivity contribution < 1.29 is 14.0 Å². The number of hydrogen-bond donors (Lipinski definition) is 2. The minimum atomic E-state index is -0.394. The Kier molecular flexibility index (Phi) is 4.47. The summed E-state index contributed by atoms with van der Waals surface area (Å²) in [7, 11) is 0. The van der Waals surface area contributed by atoms with Crippen LogP contribution in [-0.2, 0) is 4.79 Å². The van der Waals surface area contributed by atoms with Crippen molar-refractivity contribution in [1.29, 1.82) is 0 Å². The van der Waals surface area contributed by atoms with Crippen LogP contribution in [0.2, 0.25) is 0 Å². The van der Waals surface area contributed by atoms with Crippen LogP contribution in [0.15, 0.2) is 15.6 Å². The molecule has 2 aliphatic rings. The Hall–Kier alpha value is -2.29. The fourth-order valence-corrected chi connectivity index (χ4v) is 3.71. The van der Waals surface area contributed by atoms with E-state index < -0.39 is 5.91 Å². The summed E-state index contributed by atoms with van der Waals surface area (Å²) in [6, 6.07) is 2.13. The molecule has 0 unspecified atom stereocenters. The lowest BCUT2D eigenvalue weighted by atomic mass is 10.2. The molecule has 0 radical (unpaired) electrons. The van der Waals surface area contributed by atoms with Gasteiger partial charge in [-0.05, 0) is 45.6 Å². The van der Waals surface area contributed by atoms with Crippen molar-refractivity contribution in [3.8, 4) is 0 Å². The van der Waals surface area contributed by atoms with E-state index in [2.05, 4.69) is 25.6 Å². The number of hydrazine groups is 1. The number of thioether (sulfide) groups is 1. The lowest BCUT2D eigenvalue weighted by Gasteiger charge is -2.09. The highest BCUT2D eigenvalue weighted by molar-refractivity contribution is 7.99. The van der Waals surface area contributed by atoms with Crippen LogP contribution in [0.5, 0.6) is 0 Å². The number of carbonyl (C=O) groups excluding carboxylic acids is 2. The van der Waals surface area contributed by atoms with E-state index in [0.717, 1.165) is 23.8 Å². The first-order valence-electron chi connectivity index (χ1n) is 8.76. The first-order valence-corrected chi connectivity index (χ1v) is 9.75. The molecule has 2 saturated carbocycles. The van der Waals surface area contributed by atoms with Crippen molar-refractivity contribution in [2.24, 2.45) is 0 Å². The molecule has 2 aliphatic carbocycles. The molecule has 0 atom stereocenters. The molecule has 0 bridgehead atoms. The summed E-state index contributed by atoms with van der Waals surface area (Å²) < 4.78 is 7.52. The largest absolute Gasteiger partial charge is 0.466 e. The van der Waals surface area contributed by atoms with Crippen LogP contribution in [0.1, 0.15) is 65.3 Å². The van der Waals surface area contributed by atoms with Gasteiger partial charge in [-0.15, -0.1) is 10.2 Å². The molecular weight excluding hydrogens is 354 g/mol. The molecule has 9 heteroatoms. The molecule has 4 rings (SSSR count). The second-order valence-corrected chi connectivity index (χ2v) is 7.78. The molecule has 2 amide bonds. The number of nitrogens with one attached hydrogen (secondary N) is 2. The molecule has 2 aromatic rings. The van der Waals surface area contributed by atoms with Crippen LogP contribution < -0.4 is 10.9 Å². The Morgan fingerprint density at radius 2 is 2.00 bits per heavy atom. The van der Waals surface area contributed by atoms with Gasteiger partial charge < -0.3 is 8.98 Å². The van der Waals surface area contributed by atoms with Gasteiger partial charge in [-0.2, -0.15) is 0 Å². The summed E-state index contributed by atoms with van der Waals surface area (Å²) in [4.78, 5) is 24.1. The zero-order chi connectivity index (χ0) is 18.3. The van der Waals surface area contributed by atoms with Crippen molar-refractivity contribution >= 4 is 23.6 Å². The van der Waals surface area contributed by atoms with Gasteiger partial charge in [-0.3, -0.25) is 20.4 Å². The first-order chi connectivity index (χ1) is 12.5. The number of hydrogen-bond acceptors (Lipinski definition) is 6. The third-order valence-corrected chi connectivity index (χ3v) is 5.42. The number of carbonyl (C=O) groups is 2. The van der Waals surface area contributed by atoms with Crippen molar-refractivity contribution in [2.45, 2.75) is 56.6 Å². The summed E-state index contributed by atoms with van der Waals surface area (Å²) in [5.41, 5.74) is 5.27. The highest BCUT2D eigenvalue weighted by atomic mass is 32.2. The van der Waals surface area contributed by atoms with Crippen molar-refractivity contribution in [2.75, 3.05) is 5.75 Å². The number of amides is 2.